The van der Waals surface area contributed by atoms with E-state index in [1.165, 1.54) is 25.4 Å². The number of aryl methyl sites for hydroxylation is 1. The summed E-state index contributed by atoms with van der Waals surface area (Å²) in [4.78, 5) is 16.4. The largest absolute Gasteiger partial charge is 0.496 e. The van der Waals surface area contributed by atoms with Gasteiger partial charge in [-0.05, 0) is 36.6 Å². The molecule has 1 aromatic heterocycles. The van der Waals surface area contributed by atoms with E-state index >= 15 is 0 Å². The molecule has 21 heavy (non-hydrogen) atoms. The van der Waals surface area contributed by atoms with Gasteiger partial charge >= 0.3 is 0 Å². The fourth-order valence-electron chi connectivity index (χ4n) is 2.05. The molecule has 2 N–H and O–H groups in total. The van der Waals surface area contributed by atoms with Crippen molar-refractivity contribution in [2.24, 2.45) is 0 Å². The maximum absolute atomic E-state index is 14.5. The van der Waals surface area contributed by atoms with E-state index in [0.29, 0.717) is 24.2 Å². The summed E-state index contributed by atoms with van der Waals surface area (Å²) in [7, 11) is 1.40. The van der Waals surface area contributed by atoms with E-state index in [1.54, 1.807) is 12.1 Å². The Hall–Kier alpha value is -2.43. The van der Waals surface area contributed by atoms with Gasteiger partial charge in [-0.3, -0.25) is 4.79 Å². The van der Waals surface area contributed by atoms with Crippen LogP contribution in [-0.4, -0.2) is 17.9 Å². The first kappa shape index (κ1) is 15.0. The maximum atomic E-state index is 14.5. The van der Waals surface area contributed by atoms with Crippen LogP contribution in [0.2, 0.25) is 0 Å². The van der Waals surface area contributed by atoms with Gasteiger partial charge in [0, 0.05) is 11.8 Å². The average molecular weight is 287 g/mol. The summed E-state index contributed by atoms with van der Waals surface area (Å²) in [6, 6.07) is 6.21. The average Bonchev–Trinajstić information content (AvgIpc) is 2.49. The first-order chi connectivity index (χ1) is 10.1. The highest BCUT2D eigenvalue weighted by Gasteiger charge is 2.22. The van der Waals surface area contributed by atoms with Crippen LogP contribution in [0.4, 0.5) is 10.2 Å². The van der Waals surface area contributed by atoms with Crippen LogP contribution >= 0.6 is 0 Å². The van der Waals surface area contributed by atoms with Crippen LogP contribution in [0.1, 0.15) is 27.9 Å². The Bertz CT molecular complexity index is 654. The number of hydrogen-bond donors (Lipinski definition) is 1. The van der Waals surface area contributed by atoms with E-state index in [1.807, 2.05) is 0 Å². The molecule has 0 atom stereocenters. The number of pyridine rings is 1. The highest BCUT2D eigenvalue weighted by molar-refractivity contribution is 6.11. The van der Waals surface area contributed by atoms with Crippen LogP contribution in [-0.2, 0) is 6.42 Å². The first-order valence-electron chi connectivity index (χ1n) is 6.49. The third-order valence-electron chi connectivity index (χ3n) is 3.13. The summed E-state index contributed by atoms with van der Waals surface area (Å²) in [6.07, 6.45) is 2.32. The standard InChI is InChI=1S/C16H16FN2O2/c1-3-4-10-5-7-12(21-2)14(15(10)17)16(20)11-6-8-13(18)19-9-11/h5-9H,1,3-4H2,2H3,(H2,18,19). The Morgan fingerprint density at radius 1 is 1.38 bits per heavy atom. The predicted molar refractivity (Wildman–Crippen MR) is 78.7 cm³/mol. The molecule has 0 saturated carbocycles. The van der Waals surface area contributed by atoms with E-state index in [0.717, 1.165) is 0 Å². The monoisotopic (exact) mass is 287 g/mol. The van der Waals surface area contributed by atoms with Gasteiger partial charge in [-0.25, -0.2) is 9.37 Å². The predicted octanol–water partition coefficient (Wildman–Crippen LogP) is 2.81. The third-order valence-corrected chi connectivity index (χ3v) is 3.13. The summed E-state index contributed by atoms with van der Waals surface area (Å²) >= 11 is 0. The number of aromatic nitrogens is 1. The molecule has 0 aliphatic rings. The third kappa shape index (κ3) is 3.02. The van der Waals surface area contributed by atoms with E-state index in [-0.39, 0.29) is 16.9 Å². The lowest BCUT2D eigenvalue weighted by Gasteiger charge is -2.12. The molecule has 0 spiro atoms. The number of halogens is 1. The molecule has 0 fully saturated rings. The van der Waals surface area contributed by atoms with Gasteiger partial charge in [0.05, 0.1) is 7.11 Å². The highest BCUT2D eigenvalue weighted by atomic mass is 19.1. The first-order valence-corrected chi connectivity index (χ1v) is 6.49. The van der Waals surface area contributed by atoms with Crippen molar-refractivity contribution >= 4 is 11.6 Å². The van der Waals surface area contributed by atoms with Gasteiger partial charge < -0.3 is 10.5 Å². The number of nitrogens with zero attached hydrogens (tertiary/aromatic N) is 1. The zero-order valence-corrected chi connectivity index (χ0v) is 11.7. The Labute approximate surface area is 122 Å². The van der Waals surface area contributed by atoms with Crippen LogP contribution in [0.25, 0.3) is 0 Å². The molecule has 1 aromatic carbocycles. The zero-order valence-electron chi connectivity index (χ0n) is 11.7. The molecule has 1 radical (unpaired) electrons. The lowest BCUT2D eigenvalue weighted by atomic mass is 9.98. The quantitative estimate of drug-likeness (QED) is 0.859. The number of nitrogen functional groups attached to an aromatic ring is 1. The smallest absolute Gasteiger partial charge is 0.201 e. The van der Waals surface area contributed by atoms with Crippen LogP contribution in [0.3, 0.4) is 0 Å². The number of ketones is 1. The molecule has 4 nitrogen and oxygen atoms in total. The van der Waals surface area contributed by atoms with Crippen LogP contribution in [0.15, 0.2) is 30.5 Å². The Morgan fingerprint density at radius 2 is 2.14 bits per heavy atom. The second kappa shape index (κ2) is 6.35. The van der Waals surface area contributed by atoms with Gasteiger partial charge in [0.1, 0.15) is 22.9 Å². The fourth-order valence-corrected chi connectivity index (χ4v) is 2.05. The minimum Gasteiger partial charge on any atom is -0.496 e. The van der Waals surface area contributed by atoms with Crippen molar-refractivity contribution in [2.45, 2.75) is 12.8 Å². The lowest BCUT2D eigenvalue weighted by Crippen LogP contribution is -2.10. The van der Waals surface area contributed by atoms with Crippen LogP contribution in [0, 0.1) is 12.7 Å². The lowest BCUT2D eigenvalue weighted by molar-refractivity contribution is 0.103. The second-order valence-electron chi connectivity index (χ2n) is 4.52. The highest BCUT2D eigenvalue weighted by Crippen LogP contribution is 2.27. The zero-order chi connectivity index (χ0) is 15.4. The van der Waals surface area contributed by atoms with Crippen LogP contribution in [0.5, 0.6) is 5.75 Å². The molecule has 109 valence electrons. The van der Waals surface area contributed by atoms with E-state index in [4.69, 9.17) is 10.5 Å². The van der Waals surface area contributed by atoms with Crippen molar-refractivity contribution in [1.82, 2.24) is 4.98 Å². The summed E-state index contributed by atoms with van der Waals surface area (Å²) < 4.78 is 19.7. The number of methoxy groups -OCH3 is 1. The molecule has 0 unspecified atom stereocenters. The Kier molecular flexibility index (Phi) is 4.52. The van der Waals surface area contributed by atoms with Crippen molar-refractivity contribution in [3.63, 3.8) is 0 Å². The van der Waals surface area contributed by atoms with Gasteiger partial charge in [-0.15, -0.1) is 0 Å². The molecule has 2 aromatic rings. The minimum atomic E-state index is -0.570. The Balaban J connectivity index is 2.52. The topological polar surface area (TPSA) is 65.2 Å². The summed E-state index contributed by atoms with van der Waals surface area (Å²) in [5, 5.41) is 0. The number of rotatable bonds is 5. The number of ether oxygens (including phenoxy) is 1. The molecule has 5 heteroatoms. The fraction of sp³-hybridized carbons (Fsp3) is 0.188. The minimum absolute atomic E-state index is 0.0879. The van der Waals surface area contributed by atoms with Crippen LogP contribution < -0.4 is 10.5 Å². The molecule has 1 heterocycles. The number of carbonyl (C=O) groups is 1. The molecule has 2 rings (SSSR count). The normalized spacial score (nSPS) is 10.4. The second-order valence-corrected chi connectivity index (χ2v) is 4.52. The molecule has 0 aliphatic carbocycles. The van der Waals surface area contributed by atoms with Gasteiger partial charge in [0.15, 0.2) is 0 Å². The summed E-state index contributed by atoms with van der Waals surface area (Å²) in [5.74, 6) is -0.561. The molecule has 0 amide bonds. The number of benzene rings is 1. The van der Waals surface area contributed by atoms with Crippen molar-refractivity contribution in [3.8, 4) is 5.75 Å². The molecule has 0 bridgehead atoms. The summed E-state index contributed by atoms with van der Waals surface area (Å²) in [5.41, 5.74) is 6.10. The van der Waals surface area contributed by atoms with E-state index in [2.05, 4.69) is 11.9 Å². The Morgan fingerprint density at radius 3 is 2.71 bits per heavy atom. The van der Waals surface area contributed by atoms with Gasteiger partial charge in [0.2, 0.25) is 5.78 Å². The summed E-state index contributed by atoms with van der Waals surface area (Å²) in [6.45, 7) is 3.70. The number of carbonyl (C=O) groups excluding carboxylic acids is 1. The van der Waals surface area contributed by atoms with Crippen molar-refractivity contribution in [1.29, 1.82) is 0 Å². The number of anilines is 1. The molecule has 0 aliphatic heterocycles. The van der Waals surface area contributed by atoms with E-state index < -0.39 is 11.6 Å². The van der Waals surface area contributed by atoms with Crippen molar-refractivity contribution in [3.05, 3.63) is 59.9 Å². The molecule has 0 saturated heterocycles. The van der Waals surface area contributed by atoms with Gasteiger partial charge in [0.25, 0.3) is 0 Å². The molecular weight excluding hydrogens is 271 g/mol. The van der Waals surface area contributed by atoms with Gasteiger partial charge in [-0.1, -0.05) is 13.0 Å². The SMILES string of the molecule is [CH2]CCc1ccc(OC)c(C(=O)c2ccc(N)nc2)c1F. The van der Waals surface area contributed by atoms with Crippen molar-refractivity contribution < 1.29 is 13.9 Å². The van der Waals surface area contributed by atoms with E-state index in [9.17, 15) is 9.18 Å². The number of hydrogen-bond acceptors (Lipinski definition) is 4. The number of nitrogens with two attached hydrogens (primary N) is 1. The van der Waals surface area contributed by atoms with Gasteiger partial charge in [-0.2, -0.15) is 0 Å². The maximum Gasteiger partial charge on any atom is 0.201 e. The molecular formula is C16H16FN2O2. The van der Waals surface area contributed by atoms with Crippen molar-refractivity contribution in [2.75, 3.05) is 12.8 Å².